The number of H-pyrrole nitrogens is 1. The molecule has 6 heteroatoms. The molecule has 0 aliphatic heterocycles. The van der Waals surface area contributed by atoms with Crippen molar-refractivity contribution in [2.24, 2.45) is 0 Å². The van der Waals surface area contributed by atoms with Gasteiger partial charge in [0.2, 0.25) is 0 Å². The van der Waals surface area contributed by atoms with Gasteiger partial charge in [-0.05, 0) is 26.0 Å². The van der Waals surface area contributed by atoms with Crippen LogP contribution in [0, 0.1) is 0 Å². The third-order valence-electron chi connectivity index (χ3n) is 2.75. The summed E-state index contributed by atoms with van der Waals surface area (Å²) in [7, 11) is 0. The average Bonchev–Trinajstić information content (AvgIpc) is 2.94. The van der Waals surface area contributed by atoms with Crippen LogP contribution in [0.3, 0.4) is 0 Å². The molecule has 1 amide bonds. The Morgan fingerprint density at radius 1 is 1.42 bits per heavy atom. The van der Waals surface area contributed by atoms with E-state index in [-0.39, 0.29) is 11.9 Å². The van der Waals surface area contributed by atoms with E-state index in [1.807, 2.05) is 13.8 Å². The monoisotopic (exact) mass is 259 g/mol. The van der Waals surface area contributed by atoms with Crippen LogP contribution in [-0.2, 0) is 0 Å². The number of hydrogen-bond acceptors (Lipinski definition) is 4. The lowest BCUT2D eigenvalue weighted by Crippen LogP contribution is -2.26. The van der Waals surface area contributed by atoms with E-state index >= 15 is 0 Å². The van der Waals surface area contributed by atoms with Gasteiger partial charge in [-0.15, -0.1) is 0 Å². The highest BCUT2D eigenvalue weighted by molar-refractivity contribution is 5.94. The third kappa shape index (κ3) is 3.31. The molecule has 2 rings (SSSR count). The molecular weight excluding hydrogens is 242 g/mol. The first-order valence-electron chi connectivity index (χ1n) is 6.20. The standard InChI is InChI=1S/C13H17N5O/c1-3-14-12-5-4-10(6-15-12)13(19)18-9(2)11-7-16-17-8-11/h4-9H,3H2,1-2H3,(H,14,15)(H,16,17)(H,18,19). The van der Waals surface area contributed by atoms with E-state index in [0.29, 0.717) is 5.56 Å². The van der Waals surface area contributed by atoms with Crippen molar-refractivity contribution in [2.45, 2.75) is 19.9 Å². The van der Waals surface area contributed by atoms with E-state index in [2.05, 4.69) is 25.8 Å². The maximum Gasteiger partial charge on any atom is 0.253 e. The topological polar surface area (TPSA) is 82.7 Å². The van der Waals surface area contributed by atoms with Gasteiger partial charge in [-0.1, -0.05) is 0 Å². The smallest absolute Gasteiger partial charge is 0.253 e. The molecule has 0 bridgehead atoms. The minimum Gasteiger partial charge on any atom is -0.370 e. The fourth-order valence-corrected chi connectivity index (χ4v) is 1.67. The van der Waals surface area contributed by atoms with Crippen molar-refractivity contribution in [3.05, 3.63) is 41.9 Å². The van der Waals surface area contributed by atoms with Gasteiger partial charge in [0.15, 0.2) is 0 Å². The van der Waals surface area contributed by atoms with Crippen molar-refractivity contribution < 1.29 is 4.79 Å². The highest BCUT2D eigenvalue weighted by Crippen LogP contribution is 2.11. The summed E-state index contributed by atoms with van der Waals surface area (Å²) in [5, 5.41) is 12.6. The maximum atomic E-state index is 12.0. The Morgan fingerprint density at radius 3 is 2.84 bits per heavy atom. The molecule has 0 aromatic carbocycles. The first-order chi connectivity index (χ1) is 9.20. The van der Waals surface area contributed by atoms with E-state index in [9.17, 15) is 4.79 Å². The van der Waals surface area contributed by atoms with Crippen molar-refractivity contribution in [3.8, 4) is 0 Å². The van der Waals surface area contributed by atoms with Crippen LogP contribution >= 0.6 is 0 Å². The van der Waals surface area contributed by atoms with Crippen molar-refractivity contribution in [1.29, 1.82) is 0 Å². The first kappa shape index (κ1) is 13.1. The summed E-state index contributed by atoms with van der Waals surface area (Å²) in [4.78, 5) is 16.2. The summed E-state index contributed by atoms with van der Waals surface area (Å²) in [5.41, 5.74) is 1.47. The molecule has 0 radical (unpaired) electrons. The Labute approximate surface area is 111 Å². The maximum absolute atomic E-state index is 12.0. The van der Waals surface area contributed by atoms with Crippen molar-refractivity contribution in [3.63, 3.8) is 0 Å². The predicted molar refractivity (Wildman–Crippen MR) is 72.9 cm³/mol. The number of hydrogen-bond donors (Lipinski definition) is 3. The number of nitrogens with zero attached hydrogens (tertiary/aromatic N) is 2. The summed E-state index contributed by atoms with van der Waals surface area (Å²) in [6, 6.07) is 3.45. The molecule has 0 aliphatic carbocycles. The molecule has 1 unspecified atom stereocenters. The Bertz CT molecular complexity index is 520. The summed E-state index contributed by atoms with van der Waals surface area (Å²) in [6.07, 6.45) is 5.02. The number of aromatic amines is 1. The number of anilines is 1. The number of amides is 1. The van der Waals surface area contributed by atoms with Gasteiger partial charge in [-0.25, -0.2) is 4.98 Å². The zero-order valence-electron chi connectivity index (χ0n) is 11.0. The van der Waals surface area contributed by atoms with Gasteiger partial charge in [0.25, 0.3) is 5.91 Å². The van der Waals surface area contributed by atoms with E-state index in [1.54, 1.807) is 30.7 Å². The number of aromatic nitrogens is 3. The minimum absolute atomic E-state index is 0.0975. The molecule has 2 heterocycles. The van der Waals surface area contributed by atoms with Crippen molar-refractivity contribution in [1.82, 2.24) is 20.5 Å². The van der Waals surface area contributed by atoms with Gasteiger partial charge in [-0.2, -0.15) is 5.10 Å². The van der Waals surface area contributed by atoms with Crippen LogP contribution in [0.1, 0.15) is 35.8 Å². The van der Waals surface area contributed by atoms with E-state index in [0.717, 1.165) is 17.9 Å². The lowest BCUT2D eigenvalue weighted by atomic mass is 10.1. The molecule has 0 saturated heterocycles. The van der Waals surface area contributed by atoms with Gasteiger partial charge >= 0.3 is 0 Å². The molecular formula is C13H17N5O. The number of pyridine rings is 1. The van der Waals surface area contributed by atoms with E-state index in [4.69, 9.17) is 0 Å². The number of nitrogens with one attached hydrogen (secondary N) is 3. The largest absolute Gasteiger partial charge is 0.370 e. The van der Waals surface area contributed by atoms with Crippen LogP contribution in [0.25, 0.3) is 0 Å². The molecule has 3 N–H and O–H groups in total. The SMILES string of the molecule is CCNc1ccc(C(=O)NC(C)c2cn[nH]c2)cn1. The molecule has 6 nitrogen and oxygen atoms in total. The third-order valence-corrected chi connectivity index (χ3v) is 2.75. The van der Waals surface area contributed by atoms with Crippen LogP contribution in [-0.4, -0.2) is 27.6 Å². The second kappa shape index (κ2) is 5.99. The number of carbonyl (C=O) groups excluding carboxylic acids is 1. The second-order valence-corrected chi connectivity index (χ2v) is 4.19. The van der Waals surface area contributed by atoms with Gasteiger partial charge in [0, 0.05) is 24.5 Å². The zero-order chi connectivity index (χ0) is 13.7. The Hall–Kier alpha value is -2.37. The molecule has 100 valence electrons. The van der Waals surface area contributed by atoms with Crippen LogP contribution in [0.5, 0.6) is 0 Å². The summed E-state index contributed by atoms with van der Waals surface area (Å²) < 4.78 is 0. The molecule has 0 aliphatic rings. The molecule has 2 aromatic rings. The average molecular weight is 259 g/mol. The van der Waals surface area contributed by atoms with Gasteiger partial charge in [0.05, 0.1) is 17.8 Å². The van der Waals surface area contributed by atoms with Gasteiger partial charge < -0.3 is 10.6 Å². The van der Waals surface area contributed by atoms with Crippen molar-refractivity contribution >= 4 is 11.7 Å². The van der Waals surface area contributed by atoms with Crippen LogP contribution < -0.4 is 10.6 Å². The quantitative estimate of drug-likeness (QED) is 0.763. The summed E-state index contributed by atoms with van der Waals surface area (Å²) >= 11 is 0. The summed E-state index contributed by atoms with van der Waals surface area (Å²) in [6.45, 7) is 4.70. The molecule has 2 aromatic heterocycles. The normalized spacial score (nSPS) is 11.9. The number of rotatable bonds is 5. The van der Waals surface area contributed by atoms with Crippen LogP contribution in [0.4, 0.5) is 5.82 Å². The molecule has 0 fully saturated rings. The van der Waals surface area contributed by atoms with Crippen LogP contribution in [0.2, 0.25) is 0 Å². The highest BCUT2D eigenvalue weighted by Gasteiger charge is 2.12. The van der Waals surface area contributed by atoms with E-state index < -0.39 is 0 Å². The fraction of sp³-hybridized carbons (Fsp3) is 0.308. The number of carbonyl (C=O) groups is 1. The summed E-state index contributed by atoms with van der Waals surface area (Å²) in [5.74, 6) is 0.617. The Morgan fingerprint density at radius 2 is 2.26 bits per heavy atom. The zero-order valence-corrected chi connectivity index (χ0v) is 11.0. The predicted octanol–water partition coefficient (Wildman–Crippen LogP) is 1.73. The lowest BCUT2D eigenvalue weighted by molar-refractivity contribution is 0.0939. The van der Waals surface area contributed by atoms with Crippen molar-refractivity contribution in [2.75, 3.05) is 11.9 Å². The van der Waals surface area contributed by atoms with Gasteiger partial charge in [0.1, 0.15) is 5.82 Å². The lowest BCUT2D eigenvalue weighted by Gasteiger charge is -2.12. The minimum atomic E-state index is -0.149. The molecule has 19 heavy (non-hydrogen) atoms. The Kier molecular flexibility index (Phi) is 4.12. The molecule has 0 spiro atoms. The first-order valence-corrected chi connectivity index (χ1v) is 6.20. The highest BCUT2D eigenvalue weighted by atomic mass is 16.1. The van der Waals surface area contributed by atoms with E-state index in [1.165, 1.54) is 0 Å². The molecule has 0 saturated carbocycles. The van der Waals surface area contributed by atoms with Crippen LogP contribution in [0.15, 0.2) is 30.7 Å². The fourth-order valence-electron chi connectivity index (χ4n) is 1.67. The van der Waals surface area contributed by atoms with Gasteiger partial charge in [-0.3, -0.25) is 9.89 Å². The second-order valence-electron chi connectivity index (χ2n) is 4.19. The molecule has 1 atom stereocenters. The Balaban J connectivity index is 1.99.